The lowest BCUT2D eigenvalue weighted by Crippen LogP contribution is -2.21. The summed E-state index contributed by atoms with van der Waals surface area (Å²) in [5.41, 5.74) is 0. The number of halogens is 1. The van der Waals surface area contributed by atoms with Crippen molar-refractivity contribution < 1.29 is 0 Å². The Labute approximate surface area is 99.0 Å². The minimum Gasteiger partial charge on any atom is -0.312 e. The lowest BCUT2D eigenvalue weighted by molar-refractivity contribution is 0.450. The van der Waals surface area contributed by atoms with Crippen LogP contribution in [-0.2, 0) is 6.54 Å². The van der Waals surface area contributed by atoms with Crippen molar-refractivity contribution in [3.8, 4) is 0 Å². The fourth-order valence-corrected chi connectivity index (χ4v) is 2.88. The summed E-state index contributed by atoms with van der Waals surface area (Å²) in [6.45, 7) is 6.65. The fourth-order valence-electron chi connectivity index (χ4n) is 1.42. The number of nitrogens with one attached hydrogen (secondary N) is 1. The van der Waals surface area contributed by atoms with E-state index in [1.807, 2.05) is 11.3 Å². The topological polar surface area (TPSA) is 12.0 Å². The van der Waals surface area contributed by atoms with E-state index < -0.39 is 0 Å². The molecule has 0 fully saturated rings. The molecule has 1 aromatic rings. The second-order valence-corrected chi connectivity index (χ2v) is 5.36. The summed E-state index contributed by atoms with van der Waals surface area (Å²) in [7, 11) is 0. The first-order valence-corrected chi connectivity index (χ1v) is 6.87. The van der Waals surface area contributed by atoms with Crippen molar-refractivity contribution in [2.24, 2.45) is 5.92 Å². The van der Waals surface area contributed by atoms with Crippen LogP contribution in [-0.4, -0.2) is 6.54 Å². The number of hydrogen-bond acceptors (Lipinski definition) is 2. The SMILES string of the molecule is CCC(CC)CNCc1sccc1Br. The highest BCUT2D eigenvalue weighted by Crippen LogP contribution is 2.22. The molecule has 0 aliphatic carbocycles. The minimum absolute atomic E-state index is 0.828. The first-order valence-electron chi connectivity index (χ1n) is 5.20. The summed E-state index contributed by atoms with van der Waals surface area (Å²) < 4.78 is 1.24. The lowest BCUT2D eigenvalue weighted by atomic mass is 10.0. The second kappa shape index (κ2) is 6.59. The average molecular weight is 276 g/mol. The number of thiophene rings is 1. The zero-order chi connectivity index (χ0) is 10.4. The molecule has 0 bridgehead atoms. The Hall–Kier alpha value is 0.140. The van der Waals surface area contributed by atoms with Gasteiger partial charge in [0.15, 0.2) is 0 Å². The van der Waals surface area contributed by atoms with E-state index in [-0.39, 0.29) is 0 Å². The average Bonchev–Trinajstić information content (AvgIpc) is 2.59. The van der Waals surface area contributed by atoms with Gasteiger partial charge in [0, 0.05) is 15.9 Å². The lowest BCUT2D eigenvalue weighted by Gasteiger charge is -2.12. The normalized spacial score (nSPS) is 11.1. The van der Waals surface area contributed by atoms with E-state index in [1.54, 1.807) is 0 Å². The molecule has 0 amide bonds. The maximum atomic E-state index is 3.54. The summed E-state index contributed by atoms with van der Waals surface area (Å²) in [5.74, 6) is 0.828. The van der Waals surface area contributed by atoms with Gasteiger partial charge in [-0.2, -0.15) is 0 Å². The Bertz CT molecular complexity index is 256. The fraction of sp³-hybridized carbons (Fsp3) is 0.636. The first kappa shape index (κ1) is 12.2. The van der Waals surface area contributed by atoms with Crippen LogP contribution >= 0.6 is 27.3 Å². The predicted molar refractivity (Wildman–Crippen MR) is 67.8 cm³/mol. The molecule has 0 unspecified atom stereocenters. The summed E-state index contributed by atoms with van der Waals surface area (Å²) in [4.78, 5) is 1.40. The molecule has 80 valence electrons. The Morgan fingerprint density at radius 2 is 2.14 bits per heavy atom. The van der Waals surface area contributed by atoms with E-state index in [4.69, 9.17) is 0 Å². The van der Waals surface area contributed by atoms with Gasteiger partial charge >= 0.3 is 0 Å². The summed E-state index contributed by atoms with van der Waals surface area (Å²) in [6, 6.07) is 2.11. The van der Waals surface area contributed by atoms with Gasteiger partial charge in [-0.1, -0.05) is 26.7 Å². The van der Waals surface area contributed by atoms with Crippen molar-refractivity contribution in [2.75, 3.05) is 6.54 Å². The molecule has 0 aliphatic rings. The van der Waals surface area contributed by atoms with Gasteiger partial charge in [0.05, 0.1) is 0 Å². The van der Waals surface area contributed by atoms with E-state index in [2.05, 4.69) is 46.5 Å². The molecule has 0 saturated carbocycles. The first-order chi connectivity index (χ1) is 6.77. The Morgan fingerprint density at radius 1 is 1.43 bits per heavy atom. The van der Waals surface area contributed by atoms with Gasteiger partial charge in [0.25, 0.3) is 0 Å². The second-order valence-electron chi connectivity index (χ2n) is 3.51. The van der Waals surface area contributed by atoms with Crippen LogP contribution in [0.3, 0.4) is 0 Å². The molecule has 0 aromatic carbocycles. The summed E-state index contributed by atoms with van der Waals surface area (Å²) in [5, 5.41) is 5.63. The van der Waals surface area contributed by atoms with Crippen LogP contribution in [0.4, 0.5) is 0 Å². The highest BCUT2D eigenvalue weighted by Gasteiger charge is 2.04. The zero-order valence-electron chi connectivity index (χ0n) is 8.85. The molecule has 14 heavy (non-hydrogen) atoms. The van der Waals surface area contributed by atoms with Crippen molar-refractivity contribution in [3.63, 3.8) is 0 Å². The third kappa shape index (κ3) is 3.71. The quantitative estimate of drug-likeness (QED) is 0.827. The Kier molecular flexibility index (Phi) is 5.75. The van der Waals surface area contributed by atoms with Gasteiger partial charge in [-0.15, -0.1) is 11.3 Å². The largest absolute Gasteiger partial charge is 0.312 e. The summed E-state index contributed by atoms with van der Waals surface area (Å²) in [6.07, 6.45) is 2.55. The minimum atomic E-state index is 0.828. The third-order valence-electron chi connectivity index (χ3n) is 2.56. The maximum absolute atomic E-state index is 3.54. The molecule has 3 heteroatoms. The van der Waals surface area contributed by atoms with Gasteiger partial charge in [0.1, 0.15) is 0 Å². The van der Waals surface area contributed by atoms with Crippen molar-refractivity contribution in [1.29, 1.82) is 0 Å². The molecular weight excluding hydrogens is 258 g/mol. The van der Waals surface area contributed by atoms with E-state index in [1.165, 1.54) is 22.2 Å². The van der Waals surface area contributed by atoms with Crippen molar-refractivity contribution in [3.05, 3.63) is 20.8 Å². The van der Waals surface area contributed by atoms with E-state index in [0.29, 0.717) is 0 Å². The van der Waals surface area contributed by atoms with Crippen LogP contribution in [0.1, 0.15) is 31.6 Å². The molecule has 1 aromatic heterocycles. The molecule has 1 rings (SSSR count). The highest BCUT2D eigenvalue weighted by molar-refractivity contribution is 9.10. The molecular formula is C11H18BrNS. The van der Waals surface area contributed by atoms with Crippen LogP contribution in [0.25, 0.3) is 0 Å². The van der Waals surface area contributed by atoms with Gasteiger partial charge in [-0.3, -0.25) is 0 Å². The molecule has 1 N–H and O–H groups in total. The molecule has 0 spiro atoms. The van der Waals surface area contributed by atoms with Gasteiger partial charge in [0.2, 0.25) is 0 Å². The Balaban J connectivity index is 2.24. The van der Waals surface area contributed by atoms with Crippen LogP contribution in [0, 0.1) is 5.92 Å². The molecule has 1 nitrogen and oxygen atoms in total. The van der Waals surface area contributed by atoms with E-state index in [9.17, 15) is 0 Å². The van der Waals surface area contributed by atoms with E-state index >= 15 is 0 Å². The zero-order valence-corrected chi connectivity index (χ0v) is 11.2. The molecule has 0 radical (unpaired) electrons. The van der Waals surface area contributed by atoms with Gasteiger partial charge in [-0.05, 0) is 39.8 Å². The van der Waals surface area contributed by atoms with Crippen LogP contribution in [0.2, 0.25) is 0 Å². The van der Waals surface area contributed by atoms with Crippen LogP contribution < -0.4 is 5.32 Å². The van der Waals surface area contributed by atoms with Gasteiger partial charge in [-0.25, -0.2) is 0 Å². The Morgan fingerprint density at radius 3 is 2.64 bits per heavy atom. The molecule has 0 saturated heterocycles. The van der Waals surface area contributed by atoms with Gasteiger partial charge < -0.3 is 5.32 Å². The molecule has 0 aliphatic heterocycles. The van der Waals surface area contributed by atoms with E-state index in [0.717, 1.165) is 19.0 Å². The van der Waals surface area contributed by atoms with Crippen molar-refractivity contribution >= 4 is 27.3 Å². The van der Waals surface area contributed by atoms with Crippen molar-refractivity contribution in [1.82, 2.24) is 5.32 Å². The third-order valence-corrected chi connectivity index (χ3v) is 4.49. The standard InChI is InChI=1S/C11H18BrNS/c1-3-9(4-2)7-13-8-11-10(12)5-6-14-11/h5-6,9,13H,3-4,7-8H2,1-2H3. The van der Waals surface area contributed by atoms with Crippen LogP contribution in [0.5, 0.6) is 0 Å². The highest BCUT2D eigenvalue weighted by atomic mass is 79.9. The van der Waals surface area contributed by atoms with Crippen LogP contribution in [0.15, 0.2) is 15.9 Å². The maximum Gasteiger partial charge on any atom is 0.0327 e. The smallest absolute Gasteiger partial charge is 0.0327 e. The van der Waals surface area contributed by atoms with Crippen molar-refractivity contribution in [2.45, 2.75) is 33.2 Å². The summed E-state index contributed by atoms with van der Waals surface area (Å²) >= 11 is 5.35. The molecule has 1 heterocycles. The number of hydrogen-bond donors (Lipinski definition) is 1. The number of rotatable bonds is 6. The predicted octanol–water partition coefficient (Wildman–Crippen LogP) is 4.04. The molecule has 0 atom stereocenters. The monoisotopic (exact) mass is 275 g/mol.